The number of barbiturate groups is 1. The number of ether oxygens (including phenoxy) is 4. The second-order valence-electron chi connectivity index (χ2n) is 8.97. The highest BCUT2D eigenvalue weighted by Gasteiger charge is 2.37. The first-order chi connectivity index (χ1) is 18.7. The van der Waals surface area contributed by atoms with E-state index in [4.69, 9.17) is 30.5 Å². The van der Waals surface area contributed by atoms with Crippen LogP contribution in [0.25, 0.3) is 6.08 Å². The molecule has 1 N–H and O–H groups in total. The Hall–Kier alpha value is -4.50. The zero-order valence-electron chi connectivity index (χ0n) is 21.5. The smallest absolute Gasteiger partial charge is 0.335 e. The van der Waals surface area contributed by atoms with Crippen molar-refractivity contribution in [1.29, 1.82) is 0 Å². The Kier molecular flexibility index (Phi) is 7.17. The third kappa shape index (κ3) is 5.26. The van der Waals surface area contributed by atoms with E-state index < -0.39 is 17.8 Å². The van der Waals surface area contributed by atoms with Crippen LogP contribution in [0.5, 0.6) is 23.0 Å². The van der Waals surface area contributed by atoms with Gasteiger partial charge in [-0.1, -0.05) is 23.7 Å². The summed E-state index contributed by atoms with van der Waals surface area (Å²) >= 11 is 6.57. The van der Waals surface area contributed by atoms with Crippen molar-refractivity contribution in [1.82, 2.24) is 5.32 Å². The van der Waals surface area contributed by atoms with Gasteiger partial charge in [0.05, 0.1) is 17.3 Å². The van der Waals surface area contributed by atoms with Crippen molar-refractivity contribution >= 4 is 41.2 Å². The molecule has 39 heavy (non-hydrogen) atoms. The average Bonchev–Trinajstić information content (AvgIpc) is 3.36. The lowest BCUT2D eigenvalue weighted by Gasteiger charge is -2.27. The number of carbonyl (C=O) groups excluding carboxylic acids is 3. The zero-order chi connectivity index (χ0) is 27.7. The van der Waals surface area contributed by atoms with Gasteiger partial charge in [0.2, 0.25) is 6.79 Å². The highest BCUT2D eigenvalue weighted by atomic mass is 35.5. The van der Waals surface area contributed by atoms with E-state index in [0.717, 1.165) is 21.6 Å². The maximum absolute atomic E-state index is 13.3. The number of aryl methyl sites for hydroxylation is 2. The monoisotopic (exact) mass is 548 g/mol. The standard InChI is InChI=1S/C29H25ClN2O7/c1-4-36-25-13-19(11-22(30)26(25)37-14-18-6-8-23-24(12-18)39-15-38-23)10-21-27(33)31-29(35)32(28(21)34)20-7-5-16(2)17(3)9-20/h5-13H,4,14-15H2,1-3H3,(H,31,33,35)/b21-10+. The van der Waals surface area contributed by atoms with Gasteiger partial charge in [-0.25, -0.2) is 9.69 Å². The first-order valence-corrected chi connectivity index (χ1v) is 12.6. The number of carbonyl (C=O) groups is 3. The van der Waals surface area contributed by atoms with E-state index in [1.54, 1.807) is 30.3 Å². The van der Waals surface area contributed by atoms with E-state index in [1.165, 1.54) is 6.08 Å². The van der Waals surface area contributed by atoms with Crippen LogP contribution >= 0.6 is 11.6 Å². The van der Waals surface area contributed by atoms with Crippen molar-refractivity contribution in [3.8, 4) is 23.0 Å². The molecule has 200 valence electrons. The molecule has 0 aromatic heterocycles. The van der Waals surface area contributed by atoms with Crippen LogP contribution in [-0.2, 0) is 16.2 Å². The lowest BCUT2D eigenvalue weighted by atomic mass is 10.0. The van der Waals surface area contributed by atoms with Gasteiger partial charge in [-0.3, -0.25) is 14.9 Å². The fraction of sp³-hybridized carbons (Fsp3) is 0.207. The Balaban J connectivity index is 1.43. The molecule has 4 amide bonds. The summed E-state index contributed by atoms with van der Waals surface area (Å²) in [6.07, 6.45) is 1.37. The minimum absolute atomic E-state index is 0.175. The predicted octanol–water partition coefficient (Wildman–Crippen LogP) is 5.33. The molecule has 5 rings (SSSR count). The van der Waals surface area contributed by atoms with Crippen molar-refractivity contribution in [3.63, 3.8) is 0 Å². The van der Waals surface area contributed by atoms with Gasteiger partial charge in [0.25, 0.3) is 11.8 Å². The molecule has 0 spiro atoms. The Morgan fingerprint density at radius 3 is 2.54 bits per heavy atom. The van der Waals surface area contributed by atoms with Gasteiger partial charge in [0.15, 0.2) is 23.0 Å². The van der Waals surface area contributed by atoms with Crippen LogP contribution in [0.1, 0.15) is 29.2 Å². The van der Waals surface area contributed by atoms with Gasteiger partial charge >= 0.3 is 6.03 Å². The molecule has 3 aromatic rings. The van der Waals surface area contributed by atoms with E-state index in [1.807, 2.05) is 39.0 Å². The SMILES string of the molecule is CCOc1cc(/C=C2\C(=O)NC(=O)N(c3ccc(C)c(C)c3)C2=O)cc(Cl)c1OCc1ccc2c(c1)OCO2. The zero-order valence-corrected chi connectivity index (χ0v) is 22.3. The van der Waals surface area contributed by atoms with E-state index in [9.17, 15) is 14.4 Å². The maximum atomic E-state index is 13.3. The number of halogens is 1. The molecular formula is C29H25ClN2O7. The number of imide groups is 2. The number of hydrogen-bond acceptors (Lipinski definition) is 7. The van der Waals surface area contributed by atoms with Crippen LogP contribution in [0.3, 0.4) is 0 Å². The molecule has 3 aromatic carbocycles. The van der Waals surface area contributed by atoms with Crippen molar-refractivity contribution in [3.05, 3.63) is 81.4 Å². The number of hydrogen-bond donors (Lipinski definition) is 1. The highest BCUT2D eigenvalue weighted by Crippen LogP contribution is 2.39. The van der Waals surface area contributed by atoms with Gasteiger partial charge < -0.3 is 18.9 Å². The molecule has 0 aliphatic carbocycles. The van der Waals surface area contributed by atoms with Gasteiger partial charge in [-0.2, -0.15) is 0 Å². The minimum Gasteiger partial charge on any atom is -0.490 e. The number of rotatable bonds is 7. The topological polar surface area (TPSA) is 103 Å². The molecule has 2 aliphatic heterocycles. The van der Waals surface area contributed by atoms with Crippen LogP contribution in [0.2, 0.25) is 5.02 Å². The maximum Gasteiger partial charge on any atom is 0.335 e. The third-order valence-corrected chi connectivity index (χ3v) is 6.59. The first-order valence-electron chi connectivity index (χ1n) is 12.2. The summed E-state index contributed by atoms with van der Waals surface area (Å²) in [7, 11) is 0. The number of nitrogens with one attached hydrogen (secondary N) is 1. The predicted molar refractivity (Wildman–Crippen MR) is 144 cm³/mol. The van der Waals surface area contributed by atoms with E-state index in [0.29, 0.717) is 40.9 Å². The summed E-state index contributed by atoms with van der Waals surface area (Å²) in [6.45, 7) is 6.30. The quantitative estimate of drug-likeness (QED) is 0.314. The van der Waals surface area contributed by atoms with Crippen molar-refractivity contribution in [2.75, 3.05) is 18.3 Å². The van der Waals surface area contributed by atoms with Gasteiger partial charge in [-0.15, -0.1) is 0 Å². The number of nitrogens with zero attached hydrogens (tertiary/aromatic N) is 1. The number of benzene rings is 3. The van der Waals surface area contributed by atoms with Gasteiger partial charge in [-0.05, 0) is 85.5 Å². The molecule has 2 heterocycles. The molecule has 0 unspecified atom stereocenters. The van der Waals surface area contributed by atoms with Crippen LogP contribution in [0.15, 0.2) is 54.1 Å². The molecular weight excluding hydrogens is 524 g/mol. The van der Waals surface area contributed by atoms with Crippen molar-refractivity contribution < 1.29 is 33.3 Å². The Morgan fingerprint density at radius 2 is 1.77 bits per heavy atom. The molecule has 0 atom stereocenters. The molecule has 1 saturated heterocycles. The molecule has 0 bridgehead atoms. The number of anilines is 1. The highest BCUT2D eigenvalue weighted by molar-refractivity contribution is 6.39. The van der Waals surface area contributed by atoms with Crippen LogP contribution in [0.4, 0.5) is 10.5 Å². The van der Waals surface area contributed by atoms with Crippen molar-refractivity contribution in [2.24, 2.45) is 0 Å². The number of urea groups is 1. The van der Waals surface area contributed by atoms with Crippen LogP contribution in [-0.4, -0.2) is 31.2 Å². The summed E-state index contributed by atoms with van der Waals surface area (Å²) in [4.78, 5) is 39.5. The fourth-order valence-electron chi connectivity index (χ4n) is 4.18. The van der Waals surface area contributed by atoms with Crippen LogP contribution in [0, 0.1) is 13.8 Å². The molecule has 2 aliphatic rings. The lowest BCUT2D eigenvalue weighted by molar-refractivity contribution is -0.122. The second-order valence-corrected chi connectivity index (χ2v) is 9.37. The molecule has 0 saturated carbocycles. The summed E-state index contributed by atoms with van der Waals surface area (Å²) in [5, 5.41) is 2.46. The summed E-state index contributed by atoms with van der Waals surface area (Å²) < 4.78 is 22.5. The normalized spacial score (nSPS) is 15.5. The summed E-state index contributed by atoms with van der Waals surface area (Å²) in [6, 6.07) is 13.0. The van der Waals surface area contributed by atoms with Crippen LogP contribution < -0.4 is 29.2 Å². The fourth-order valence-corrected chi connectivity index (χ4v) is 4.46. The van der Waals surface area contributed by atoms with E-state index >= 15 is 0 Å². The first kappa shape index (κ1) is 26.1. The van der Waals surface area contributed by atoms with E-state index in [-0.39, 0.29) is 24.0 Å². The Bertz CT molecular complexity index is 1530. The molecule has 0 radical (unpaired) electrons. The Morgan fingerprint density at radius 1 is 0.974 bits per heavy atom. The third-order valence-electron chi connectivity index (χ3n) is 6.31. The average molecular weight is 549 g/mol. The Labute approximate surface area is 229 Å². The molecule has 9 nitrogen and oxygen atoms in total. The minimum atomic E-state index is -0.814. The summed E-state index contributed by atoms with van der Waals surface area (Å²) in [5.41, 5.74) is 3.31. The van der Waals surface area contributed by atoms with Gasteiger partial charge in [0, 0.05) is 0 Å². The largest absolute Gasteiger partial charge is 0.490 e. The van der Waals surface area contributed by atoms with Gasteiger partial charge in [0.1, 0.15) is 12.2 Å². The number of amides is 4. The second kappa shape index (κ2) is 10.7. The number of fused-ring (bicyclic) bond motifs is 1. The molecule has 10 heteroatoms. The molecule has 1 fully saturated rings. The van der Waals surface area contributed by atoms with Crippen molar-refractivity contribution in [2.45, 2.75) is 27.4 Å². The van der Waals surface area contributed by atoms with E-state index in [2.05, 4.69) is 5.32 Å². The summed E-state index contributed by atoms with van der Waals surface area (Å²) in [5.74, 6) is 0.403. The lowest BCUT2D eigenvalue weighted by Crippen LogP contribution is -2.54.